The first-order chi connectivity index (χ1) is 16.0. The molecule has 1 aliphatic heterocycles. The van der Waals surface area contributed by atoms with Gasteiger partial charge in [0, 0.05) is 38.3 Å². The topological polar surface area (TPSA) is 79.8 Å². The van der Waals surface area contributed by atoms with Crippen LogP contribution in [0.3, 0.4) is 0 Å². The lowest BCUT2D eigenvalue weighted by Crippen LogP contribution is -2.46. The highest BCUT2D eigenvalue weighted by atomic mass is 35.5. The number of carbonyl (C=O) groups excluding carboxylic acids is 1. The van der Waals surface area contributed by atoms with Gasteiger partial charge in [0.05, 0.1) is 29.5 Å². The maximum absolute atomic E-state index is 13.3. The van der Waals surface area contributed by atoms with Crippen LogP contribution in [0, 0.1) is 6.92 Å². The minimum absolute atomic E-state index is 0.264. The maximum Gasteiger partial charge on any atom is 0.266 e. The van der Waals surface area contributed by atoms with Crippen molar-refractivity contribution in [3.63, 3.8) is 0 Å². The number of carbonyl (C=O) groups is 1. The number of methoxy groups -OCH3 is 2. The van der Waals surface area contributed by atoms with E-state index in [9.17, 15) is 4.79 Å². The lowest BCUT2D eigenvalue weighted by atomic mass is 10.1. The zero-order valence-electron chi connectivity index (χ0n) is 19.3. The summed E-state index contributed by atoms with van der Waals surface area (Å²) in [5.41, 5.74) is 1.27. The van der Waals surface area contributed by atoms with E-state index in [1.165, 1.54) is 18.4 Å². The summed E-state index contributed by atoms with van der Waals surface area (Å²) in [7, 11) is 3.07. The Morgan fingerprint density at radius 2 is 1.94 bits per heavy atom. The van der Waals surface area contributed by atoms with Gasteiger partial charge in [-0.3, -0.25) is 9.69 Å². The maximum atomic E-state index is 13.3. The van der Waals surface area contributed by atoms with Crippen molar-refractivity contribution >= 4 is 50.6 Å². The molecule has 176 valence electrons. The summed E-state index contributed by atoms with van der Waals surface area (Å²) in [4.78, 5) is 28.4. The Kier molecular flexibility index (Phi) is 7.21. The normalized spacial score (nSPS) is 14.5. The molecule has 10 heteroatoms. The summed E-state index contributed by atoms with van der Waals surface area (Å²) < 4.78 is 10.6. The van der Waals surface area contributed by atoms with Crippen molar-refractivity contribution in [1.29, 1.82) is 0 Å². The molecule has 3 heterocycles. The number of ether oxygens (including phenoxy) is 2. The fourth-order valence-electron chi connectivity index (χ4n) is 4.14. The number of halogens is 1. The molecule has 1 amide bonds. The first kappa shape index (κ1) is 23.5. The van der Waals surface area contributed by atoms with Crippen LogP contribution in [-0.4, -0.2) is 67.7 Å². The van der Waals surface area contributed by atoms with E-state index in [1.807, 2.05) is 6.92 Å². The van der Waals surface area contributed by atoms with Crippen LogP contribution in [0.1, 0.15) is 28.6 Å². The molecule has 0 bridgehead atoms. The van der Waals surface area contributed by atoms with Crippen LogP contribution in [0.15, 0.2) is 18.5 Å². The van der Waals surface area contributed by atoms with Gasteiger partial charge in [0.25, 0.3) is 5.91 Å². The number of aromatic nitrogens is 2. The third kappa shape index (κ3) is 4.71. The second-order valence-corrected chi connectivity index (χ2v) is 9.31. The van der Waals surface area contributed by atoms with Crippen molar-refractivity contribution in [3.05, 3.63) is 33.9 Å². The Labute approximate surface area is 202 Å². The van der Waals surface area contributed by atoms with Crippen molar-refractivity contribution in [2.45, 2.75) is 20.3 Å². The zero-order chi connectivity index (χ0) is 23.5. The van der Waals surface area contributed by atoms with Crippen LogP contribution in [0.5, 0.6) is 11.5 Å². The van der Waals surface area contributed by atoms with Crippen LogP contribution in [0.4, 0.5) is 11.5 Å². The molecule has 2 aromatic heterocycles. The van der Waals surface area contributed by atoms with Gasteiger partial charge in [-0.1, -0.05) is 18.5 Å². The van der Waals surface area contributed by atoms with Crippen LogP contribution < -0.4 is 19.7 Å². The van der Waals surface area contributed by atoms with Crippen LogP contribution >= 0.6 is 22.9 Å². The molecular formula is C23H28ClN5O3S. The molecule has 0 spiro atoms. The van der Waals surface area contributed by atoms with Crippen molar-refractivity contribution in [2.24, 2.45) is 0 Å². The lowest BCUT2D eigenvalue weighted by Gasteiger charge is -2.35. The number of benzene rings is 1. The Morgan fingerprint density at radius 1 is 1.18 bits per heavy atom. The summed E-state index contributed by atoms with van der Waals surface area (Å²) in [6, 6.07) is 3.32. The Hall–Kier alpha value is -2.62. The van der Waals surface area contributed by atoms with Gasteiger partial charge in [0.2, 0.25) is 0 Å². The zero-order valence-corrected chi connectivity index (χ0v) is 20.8. The molecule has 1 aromatic carbocycles. The standard InChI is InChI=1S/C23H28ClN5O3S/c1-5-6-28-7-9-29(10-8-28)21-18-14(2)20(33-23(18)26-13-25-21)22(30)27-19-16(24)11-15(31-3)12-17(19)32-4/h11-13H,5-10H2,1-4H3,(H,27,30). The third-order valence-electron chi connectivity index (χ3n) is 5.85. The van der Waals surface area contributed by atoms with Gasteiger partial charge in [0.15, 0.2) is 0 Å². The fraction of sp³-hybridized carbons (Fsp3) is 0.435. The van der Waals surface area contributed by atoms with Crippen LogP contribution in [0.25, 0.3) is 10.2 Å². The van der Waals surface area contributed by atoms with E-state index in [-0.39, 0.29) is 5.91 Å². The summed E-state index contributed by atoms with van der Waals surface area (Å²) in [6.07, 6.45) is 2.74. The molecule has 1 saturated heterocycles. The number of hydrogen-bond acceptors (Lipinski definition) is 8. The van der Waals surface area contributed by atoms with Crippen molar-refractivity contribution < 1.29 is 14.3 Å². The number of hydrogen-bond donors (Lipinski definition) is 1. The number of fused-ring (bicyclic) bond motifs is 1. The number of amides is 1. The first-order valence-electron chi connectivity index (χ1n) is 10.9. The molecule has 8 nitrogen and oxygen atoms in total. The summed E-state index contributed by atoms with van der Waals surface area (Å²) in [5, 5.41) is 4.18. The second kappa shape index (κ2) is 10.1. The number of rotatable bonds is 7. The van der Waals surface area contributed by atoms with Crippen molar-refractivity contribution in [1.82, 2.24) is 14.9 Å². The van der Waals surface area contributed by atoms with Gasteiger partial charge < -0.3 is 19.7 Å². The molecule has 1 N–H and O–H groups in total. The van der Waals surface area contributed by atoms with Crippen LogP contribution in [-0.2, 0) is 0 Å². The molecule has 1 aliphatic rings. The molecule has 0 aliphatic carbocycles. The SMILES string of the molecule is CCCN1CCN(c2ncnc3sc(C(=O)Nc4c(Cl)cc(OC)cc4OC)c(C)c23)CC1. The minimum Gasteiger partial charge on any atom is -0.497 e. The quantitative estimate of drug-likeness (QED) is 0.525. The van der Waals surface area contributed by atoms with Gasteiger partial charge in [-0.25, -0.2) is 9.97 Å². The Morgan fingerprint density at radius 3 is 2.61 bits per heavy atom. The lowest BCUT2D eigenvalue weighted by molar-refractivity contribution is 0.102. The van der Waals surface area contributed by atoms with Crippen molar-refractivity contribution in [2.75, 3.05) is 57.2 Å². The number of piperazine rings is 1. The molecule has 33 heavy (non-hydrogen) atoms. The fourth-order valence-corrected chi connectivity index (χ4v) is 5.42. The van der Waals surface area contributed by atoms with E-state index in [4.69, 9.17) is 21.1 Å². The first-order valence-corrected chi connectivity index (χ1v) is 12.1. The highest BCUT2D eigenvalue weighted by Gasteiger charge is 2.25. The molecule has 1 fully saturated rings. The Balaban J connectivity index is 1.63. The molecule has 0 saturated carbocycles. The van der Waals surface area contributed by atoms with Gasteiger partial charge in [-0.05, 0) is 25.5 Å². The van der Waals surface area contributed by atoms with E-state index in [2.05, 4.69) is 32.0 Å². The van der Waals surface area contributed by atoms with E-state index in [0.29, 0.717) is 27.1 Å². The van der Waals surface area contributed by atoms with E-state index >= 15 is 0 Å². The molecule has 3 aromatic rings. The number of nitrogens with one attached hydrogen (secondary N) is 1. The molecule has 0 radical (unpaired) electrons. The van der Waals surface area contributed by atoms with Crippen molar-refractivity contribution in [3.8, 4) is 11.5 Å². The Bertz CT molecular complexity index is 1160. The highest BCUT2D eigenvalue weighted by Crippen LogP contribution is 2.39. The number of thiophene rings is 1. The molecular weight excluding hydrogens is 462 g/mol. The second-order valence-electron chi connectivity index (χ2n) is 7.90. The largest absolute Gasteiger partial charge is 0.497 e. The summed E-state index contributed by atoms with van der Waals surface area (Å²) in [5.74, 6) is 1.60. The predicted octanol–water partition coefficient (Wildman–Crippen LogP) is 4.45. The van der Waals surface area contributed by atoms with E-state index in [0.717, 1.165) is 60.7 Å². The predicted molar refractivity (Wildman–Crippen MR) is 134 cm³/mol. The van der Waals surface area contributed by atoms with E-state index < -0.39 is 0 Å². The molecule has 0 atom stereocenters. The smallest absolute Gasteiger partial charge is 0.266 e. The van der Waals surface area contributed by atoms with Crippen LogP contribution in [0.2, 0.25) is 5.02 Å². The number of aryl methyl sites for hydroxylation is 1. The van der Waals surface area contributed by atoms with Gasteiger partial charge in [-0.2, -0.15) is 0 Å². The molecule has 0 unspecified atom stereocenters. The van der Waals surface area contributed by atoms with E-state index in [1.54, 1.807) is 25.6 Å². The minimum atomic E-state index is -0.264. The number of anilines is 2. The average molecular weight is 490 g/mol. The van der Waals surface area contributed by atoms with Gasteiger partial charge >= 0.3 is 0 Å². The van der Waals surface area contributed by atoms with Gasteiger partial charge in [-0.15, -0.1) is 11.3 Å². The third-order valence-corrected chi connectivity index (χ3v) is 7.34. The number of nitrogens with zero attached hydrogens (tertiary/aromatic N) is 4. The summed E-state index contributed by atoms with van der Waals surface area (Å²) in [6.45, 7) is 9.09. The monoisotopic (exact) mass is 489 g/mol. The summed E-state index contributed by atoms with van der Waals surface area (Å²) >= 11 is 7.75. The van der Waals surface area contributed by atoms with Gasteiger partial charge in [0.1, 0.15) is 34.2 Å². The highest BCUT2D eigenvalue weighted by molar-refractivity contribution is 7.20. The average Bonchev–Trinajstić information content (AvgIpc) is 3.17. The molecule has 4 rings (SSSR count).